The minimum Gasteiger partial charge on any atom is -0.359 e. The molecule has 1 unspecified atom stereocenters. The number of nitrogens with zero attached hydrogens (tertiary/aromatic N) is 4. The first kappa shape index (κ1) is 17.3. The Balaban J connectivity index is 1.58. The maximum atomic E-state index is 4.89. The Morgan fingerprint density at radius 2 is 1.89 bits per heavy atom. The first-order chi connectivity index (χ1) is 13.8. The number of benzene rings is 2. The lowest BCUT2D eigenvalue weighted by molar-refractivity contribution is 0.763. The first-order valence-corrected chi connectivity index (χ1v) is 10.5. The zero-order chi connectivity index (χ0) is 18.9. The molecule has 28 heavy (non-hydrogen) atoms. The molecule has 0 saturated carbocycles. The molecule has 0 radical (unpaired) electrons. The summed E-state index contributed by atoms with van der Waals surface area (Å²) >= 11 is 5.30. The van der Waals surface area contributed by atoms with Crippen LogP contribution in [0.3, 0.4) is 0 Å². The Labute approximate surface area is 174 Å². The molecule has 5 rings (SSSR count). The SMILES string of the molecule is Brc1cnn2ccnc(NC(Cc3ccccc3)c3nc4ccccc4s3)c12. The Kier molecular flexibility index (Phi) is 4.54. The van der Waals surface area contributed by atoms with Crippen LogP contribution in [0.15, 0.2) is 77.7 Å². The summed E-state index contributed by atoms with van der Waals surface area (Å²) in [4.78, 5) is 9.47. The molecule has 0 aliphatic rings. The Morgan fingerprint density at radius 3 is 2.75 bits per heavy atom. The maximum absolute atomic E-state index is 4.89. The normalized spacial score (nSPS) is 12.5. The molecule has 0 saturated heterocycles. The molecule has 0 aliphatic carbocycles. The van der Waals surface area contributed by atoms with Crippen molar-refractivity contribution in [2.45, 2.75) is 12.5 Å². The average molecular weight is 450 g/mol. The van der Waals surface area contributed by atoms with Crippen molar-refractivity contribution in [1.82, 2.24) is 19.6 Å². The third-order valence-electron chi connectivity index (χ3n) is 4.59. The molecule has 5 nitrogen and oxygen atoms in total. The van der Waals surface area contributed by atoms with E-state index in [0.717, 1.165) is 32.8 Å². The van der Waals surface area contributed by atoms with Crippen molar-refractivity contribution in [3.63, 3.8) is 0 Å². The van der Waals surface area contributed by atoms with Crippen molar-refractivity contribution in [1.29, 1.82) is 0 Å². The standard InChI is InChI=1S/C21H16BrN5S/c22-15-13-24-27-11-10-23-20(19(15)27)25-17(12-14-6-2-1-3-7-14)21-26-16-8-4-5-9-18(16)28-21/h1-11,13,17H,12H2,(H,23,25). The fourth-order valence-electron chi connectivity index (χ4n) is 3.27. The van der Waals surface area contributed by atoms with Gasteiger partial charge in [-0.2, -0.15) is 5.10 Å². The van der Waals surface area contributed by atoms with Crippen LogP contribution in [-0.4, -0.2) is 19.6 Å². The van der Waals surface area contributed by atoms with E-state index in [9.17, 15) is 0 Å². The third kappa shape index (κ3) is 3.27. The van der Waals surface area contributed by atoms with Crippen molar-refractivity contribution < 1.29 is 0 Å². The van der Waals surface area contributed by atoms with Gasteiger partial charge in [0.25, 0.3) is 0 Å². The predicted octanol–water partition coefficient (Wildman–Crippen LogP) is 5.50. The zero-order valence-electron chi connectivity index (χ0n) is 14.8. The number of thiazole rings is 1. The summed E-state index contributed by atoms with van der Waals surface area (Å²) in [5.41, 5.74) is 3.19. The van der Waals surface area contributed by atoms with Crippen LogP contribution in [0.1, 0.15) is 16.6 Å². The minimum absolute atomic E-state index is 0.000278. The number of anilines is 1. The molecule has 0 spiro atoms. The average Bonchev–Trinajstić information content (AvgIpc) is 3.33. The Bertz CT molecular complexity index is 1210. The third-order valence-corrected chi connectivity index (χ3v) is 6.32. The monoisotopic (exact) mass is 449 g/mol. The van der Waals surface area contributed by atoms with Crippen molar-refractivity contribution >= 4 is 48.8 Å². The van der Waals surface area contributed by atoms with E-state index < -0.39 is 0 Å². The molecule has 1 N–H and O–H groups in total. The highest BCUT2D eigenvalue weighted by Crippen LogP contribution is 2.32. The van der Waals surface area contributed by atoms with E-state index in [2.05, 4.69) is 73.8 Å². The van der Waals surface area contributed by atoms with Gasteiger partial charge < -0.3 is 5.32 Å². The van der Waals surface area contributed by atoms with Gasteiger partial charge >= 0.3 is 0 Å². The number of halogens is 1. The van der Waals surface area contributed by atoms with E-state index in [1.165, 1.54) is 10.3 Å². The van der Waals surface area contributed by atoms with Gasteiger partial charge in [-0.15, -0.1) is 11.3 Å². The molecule has 3 aromatic heterocycles. The number of fused-ring (bicyclic) bond motifs is 2. The highest BCUT2D eigenvalue weighted by atomic mass is 79.9. The van der Waals surface area contributed by atoms with Crippen molar-refractivity contribution in [3.05, 3.63) is 88.2 Å². The summed E-state index contributed by atoms with van der Waals surface area (Å²) in [5.74, 6) is 0.784. The summed E-state index contributed by atoms with van der Waals surface area (Å²) in [7, 11) is 0. The van der Waals surface area contributed by atoms with Crippen LogP contribution in [0.5, 0.6) is 0 Å². The first-order valence-electron chi connectivity index (χ1n) is 8.92. The van der Waals surface area contributed by atoms with Gasteiger partial charge in [-0.3, -0.25) is 0 Å². The van der Waals surface area contributed by atoms with Gasteiger partial charge in [0, 0.05) is 12.4 Å². The van der Waals surface area contributed by atoms with Crippen LogP contribution in [0, 0.1) is 0 Å². The number of hydrogen-bond donors (Lipinski definition) is 1. The van der Waals surface area contributed by atoms with Gasteiger partial charge in [-0.25, -0.2) is 14.5 Å². The van der Waals surface area contributed by atoms with Crippen LogP contribution in [-0.2, 0) is 6.42 Å². The summed E-state index contributed by atoms with van der Waals surface area (Å²) in [5, 5.41) is 9.02. The number of nitrogens with one attached hydrogen (secondary N) is 1. The second-order valence-corrected chi connectivity index (χ2v) is 8.38. The van der Waals surface area contributed by atoms with Gasteiger partial charge in [0.1, 0.15) is 10.5 Å². The molecule has 2 aromatic carbocycles. The van der Waals surface area contributed by atoms with E-state index in [0.29, 0.717) is 0 Å². The van der Waals surface area contributed by atoms with Gasteiger partial charge in [0.15, 0.2) is 5.82 Å². The van der Waals surface area contributed by atoms with E-state index in [4.69, 9.17) is 4.98 Å². The molecule has 5 aromatic rings. The molecule has 7 heteroatoms. The van der Waals surface area contributed by atoms with Gasteiger partial charge in [0.2, 0.25) is 0 Å². The number of para-hydroxylation sites is 1. The molecular formula is C21H16BrN5S. The number of rotatable bonds is 5. The van der Waals surface area contributed by atoms with E-state index in [1.54, 1.807) is 23.7 Å². The van der Waals surface area contributed by atoms with Crippen LogP contribution in [0.4, 0.5) is 5.82 Å². The quantitative estimate of drug-likeness (QED) is 0.384. The molecule has 138 valence electrons. The van der Waals surface area contributed by atoms with Crippen LogP contribution in [0.25, 0.3) is 15.7 Å². The van der Waals surface area contributed by atoms with Gasteiger partial charge in [-0.05, 0) is 40.0 Å². The summed E-state index contributed by atoms with van der Waals surface area (Å²) in [6, 6.07) is 18.7. The largest absolute Gasteiger partial charge is 0.359 e. The highest BCUT2D eigenvalue weighted by molar-refractivity contribution is 9.10. The summed E-state index contributed by atoms with van der Waals surface area (Å²) in [6.45, 7) is 0. The van der Waals surface area contributed by atoms with Gasteiger partial charge in [0.05, 0.1) is 26.9 Å². The smallest absolute Gasteiger partial charge is 0.153 e. The fraction of sp³-hybridized carbons (Fsp3) is 0.0952. The Morgan fingerprint density at radius 1 is 1.07 bits per heavy atom. The second kappa shape index (κ2) is 7.33. The van der Waals surface area contributed by atoms with Crippen LogP contribution in [0.2, 0.25) is 0 Å². The molecule has 1 atom stereocenters. The minimum atomic E-state index is 0.000278. The van der Waals surface area contributed by atoms with Crippen molar-refractivity contribution in [2.24, 2.45) is 0 Å². The molecule has 0 bridgehead atoms. The lowest BCUT2D eigenvalue weighted by Gasteiger charge is -2.18. The number of hydrogen-bond acceptors (Lipinski definition) is 5. The second-order valence-electron chi connectivity index (χ2n) is 6.47. The summed E-state index contributed by atoms with van der Waals surface area (Å²) in [6.07, 6.45) is 6.20. The van der Waals surface area contributed by atoms with Crippen molar-refractivity contribution in [2.75, 3.05) is 5.32 Å². The lowest BCUT2D eigenvalue weighted by Crippen LogP contribution is -2.15. The van der Waals surface area contributed by atoms with E-state index in [-0.39, 0.29) is 6.04 Å². The summed E-state index contributed by atoms with van der Waals surface area (Å²) < 4.78 is 3.91. The maximum Gasteiger partial charge on any atom is 0.153 e. The fourth-order valence-corrected chi connectivity index (χ4v) is 4.75. The van der Waals surface area contributed by atoms with Crippen LogP contribution < -0.4 is 5.32 Å². The number of aromatic nitrogens is 4. The van der Waals surface area contributed by atoms with Gasteiger partial charge in [-0.1, -0.05) is 42.5 Å². The Hall–Kier alpha value is -2.77. The zero-order valence-corrected chi connectivity index (χ0v) is 17.2. The van der Waals surface area contributed by atoms with E-state index in [1.807, 2.05) is 22.8 Å². The topological polar surface area (TPSA) is 55.1 Å². The molecule has 0 aliphatic heterocycles. The molecular weight excluding hydrogens is 434 g/mol. The van der Waals surface area contributed by atoms with Crippen molar-refractivity contribution in [3.8, 4) is 0 Å². The molecule has 0 fully saturated rings. The molecule has 3 heterocycles. The highest BCUT2D eigenvalue weighted by Gasteiger charge is 2.20. The molecule has 0 amide bonds. The van der Waals surface area contributed by atoms with Crippen LogP contribution >= 0.6 is 27.3 Å². The van der Waals surface area contributed by atoms with E-state index >= 15 is 0 Å². The predicted molar refractivity (Wildman–Crippen MR) is 117 cm³/mol. The lowest BCUT2D eigenvalue weighted by atomic mass is 10.1.